The fraction of sp³-hybridized carbons (Fsp3) is 0.385. The van der Waals surface area contributed by atoms with Crippen molar-refractivity contribution in [2.45, 2.75) is 26.3 Å². The molecule has 1 atom stereocenters. The van der Waals surface area contributed by atoms with Crippen molar-refractivity contribution in [3.05, 3.63) is 40.4 Å². The lowest BCUT2D eigenvalue weighted by Gasteiger charge is -2.17. The molecule has 0 aliphatic carbocycles. The van der Waals surface area contributed by atoms with E-state index in [1.54, 1.807) is 0 Å². The van der Waals surface area contributed by atoms with E-state index in [2.05, 4.69) is 22.5 Å². The number of hydrogen-bond acceptors (Lipinski definition) is 2. The molecule has 0 bridgehead atoms. The first-order valence-corrected chi connectivity index (χ1v) is 6.16. The fourth-order valence-corrected chi connectivity index (χ4v) is 1.96. The van der Waals surface area contributed by atoms with Gasteiger partial charge < -0.3 is 10.5 Å². The smallest absolute Gasteiger partial charge is 0.124 e. The number of benzene rings is 1. The van der Waals surface area contributed by atoms with Crippen LogP contribution < -0.4 is 10.5 Å². The lowest BCUT2D eigenvalue weighted by Crippen LogP contribution is -2.12. The largest absolute Gasteiger partial charge is 0.494 e. The van der Waals surface area contributed by atoms with Crippen LogP contribution in [0.25, 0.3) is 0 Å². The molecular weight excluding hydrogens is 266 g/mol. The van der Waals surface area contributed by atoms with Gasteiger partial charge in [0.15, 0.2) is 0 Å². The first kappa shape index (κ1) is 13.3. The van der Waals surface area contributed by atoms with Crippen LogP contribution in [-0.2, 0) is 0 Å². The van der Waals surface area contributed by atoms with Gasteiger partial charge in [-0.05, 0) is 38.5 Å². The fourth-order valence-electron chi connectivity index (χ4n) is 1.58. The molecule has 0 radical (unpaired) electrons. The summed E-state index contributed by atoms with van der Waals surface area (Å²) in [5.74, 6) is 0.861. The normalized spacial score (nSPS) is 12.2. The Morgan fingerprint density at radius 2 is 2.25 bits per heavy atom. The lowest BCUT2D eigenvalue weighted by molar-refractivity contribution is 0.334. The Balaban J connectivity index is 2.98. The van der Waals surface area contributed by atoms with E-state index < -0.39 is 0 Å². The van der Waals surface area contributed by atoms with Crippen LogP contribution in [0.2, 0.25) is 0 Å². The van der Waals surface area contributed by atoms with Gasteiger partial charge in [0.25, 0.3) is 0 Å². The van der Waals surface area contributed by atoms with E-state index in [-0.39, 0.29) is 6.04 Å². The number of halogens is 1. The maximum Gasteiger partial charge on any atom is 0.124 e. The molecule has 3 heteroatoms. The standard InChI is InChI=1S/C13H18BrNO/c1-4-16-13-6-5-10(14)8-11(13)12(15)7-9(2)3/h5-6,8,12H,2,4,7,15H2,1,3H3/t12-/m1/s1. The molecular formula is C13H18BrNO. The van der Waals surface area contributed by atoms with Crippen molar-refractivity contribution in [1.29, 1.82) is 0 Å². The SMILES string of the molecule is C=C(C)C[C@@H](N)c1cc(Br)ccc1OCC. The van der Waals surface area contributed by atoms with Crippen LogP contribution in [-0.4, -0.2) is 6.61 Å². The van der Waals surface area contributed by atoms with Crippen molar-refractivity contribution >= 4 is 15.9 Å². The first-order valence-electron chi connectivity index (χ1n) is 5.36. The average molecular weight is 284 g/mol. The molecule has 0 aromatic heterocycles. The van der Waals surface area contributed by atoms with Crippen molar-refractivity contribution < 1.29 is 4.74 Å². The molecule has 1 aromatic rings. The van der Waals surface area contributed by atoms with E-state index in [9.17, 15) is 0 Å². The summed E-state index contributed by atoms with van der Waals surface area (Å²) in [6.07, 6.45) is 0.774. The summed E-state index contributed by atoms with van der Waals surface area (Å²) >= 11 is 3.45. The van der Waals surface area contributed by atoms with Crippen LogP contribution in [0.1, 0.15) is 31.9 Å². The Hall–Kier alpha value is -0.800. The average Bonchev–Trinajstić information content (AvgIpc) is 2.20. The zero-order valence-corrected chi connectivity index (χ0v) is 11.4. The molecule has 0 aliphatic heterocycles. The second kappa shape index (κ2) is 6.06. The van der Waals surface area contributed by atoms with Crippen LogP contribution in [0, 0.1) is 0 Å². The van der Waals surface area contributed by atoms with Gasteiger partial charge in [-0.3, -0.25) is 0 Å². The summed E-state index contributed by atoms with van der Waals surface area (Å²) < 4.78 is 6.58. The molecule has 0 aliphatic rings. The summed E-state index contributed by atoms with van der Waals surface area (Å²) in [6.45, 7) is 8.49. The van der Waals surface area contributed by atoms with Crippen LogP contribution in [0.3, 0.4) is 0 Å². The molecule has 0 saturated carbocycles. The molecule has 0 heterocycles. The zero-order chi connectivity index (χ0) is 12.1. The predicted molar refractivity (Wildman–Crippen MR) is 71.7 cm³/mol. The van der Waals surface area contributed by atoms with Gasteiger partial charge in [0.1, 0.15) is 5.75 Å². The molecule has 2 nitrogen and oxygen atoms in total. The highest BCUT2D eigenvalue weighted by molar-refractivity contribution is 9.10. The molecule has 1 rings (SSSR count). The maximum absolute atomic E-state index is 6.13. The Morgan fingerprint density at radius 3 is 2.81 bits per heavy atom. The van der Waals surface area contributed by atoms with Crippen LogP contribution in [0.5, 0.6) is 5.75 Å². The third-order valence-electron chi connectivity index (χ3n) is 2.24. The number of hydrogen-bond donors (Lipinski definition) is 1. The number of ether oxygens (including phenoxy) is 1. The van der Waals surface area contributed by atoms with Gasteiger partial charge in [0, 0.05) is 16.1 Å². The Bertz CT molecular complexity index is 376. The second-order valence-electron chi connectivity index (χ2n) is 3.88. The predicted octanol–water partition coefficient (Wildman–Crippen LogP) is 3.81. The molecule has 16 heavy (non-hydrogen) atoms. The van der Waals surface area contributed by atoms with E-state index in [4.69, 9.17) is 10.5 Å². The minimum Gasteiger partial charge on any atom is -0.494 e. The van der Waals surface area contributed by atoms with Gasteiger partial charge in [-0.1, -0.05) is 21.5 Å². The van der Waals surface area contributed by atoms with Crippen molar-refractivity contribution in [3.8, 4) is 5.75 Å². The molecule has 1 aromatic carbocycles. The third-order valence-corrected chi connectivity index (χ3v) is 2.73. The van der Waals surface area contributed by atoms with E-state index in [1.165, 1.54) is 0 Å². The highest BCUT2D eigenvalue weighted by atomic mass is 79.9. The quantitative estimate of drug-likeness (QED) is 0.834. The molecule has 0 unspecified atom stereocenters. The van der Waals surface area contributed by atoms with Crippen LogP contribution in [0.15, 0.2) is 34.8 Å². The molecule has 0 saturated heterocycles. The van der Waals surface area contributed by atoms with Crippen LogP contribution >= 0.6 is 15.9 Å². The van der Waals surface area contributed by atoms with E-state index in [1.807, 2.05) is 32.0 Å². The molecule has 0 spiro atoms. The Labute approximate surface area is 106 Å². The van der Waals surface area contributed by atoms with Gasteiger partial charge in [-0.2, -0.15) is 0 Å². The topological polar surface area (TPSA) is 35.2 Å². The van der Waals surface area contributed by atoms with Gasteiger partial charge in [-0.15, -0.1) is 6.58 Å². The summed E-state index contributed by atoms with van der Waals surface area (Å²) in [5.41, 5.74) is 8.24. The maximum atomic E-state index is 6.13. The molecule has 88 valence electrons. The summed E-state index contributed by atoms with van der Waals surface area (Å²) in [6, 6.07) is 5.86. The Kier molecular flexibility index (Phi) is 5.03. The summed E-state index contributed by atoms with van der Waals surface area (Å²) in [4.78, 5) is 0. The molecule has 0 fully saturated rings. The third kappa shape index (κ3) is 3.65. The van der Waals surface area contributed by atoms with Crippen molar-refractivity contribution in [2.24, 2.45) is 5.73 Å². The lowest BCUT2D eigenvalue weighted by atomic mass is 10.0. The highest BCUT2D eigenvalue weighted by Crippen LogP contribution is 2.30. The van der Waals surface area contributed by atoms with Gasteiger partial charge in [0.05, 0.1) is 6.61 Å². The number of nitrogens with two attached hydrogens (primary N) is 1. The van der Waals surface area contributed by atoms with Crippen molar-refractivity contribution in [1.82, 2.24) is 0 Å². The molecule has 2 N–H and O–H groups in total. The van der Waals surface area contributed by atoms with Gasteiger partial charge in [-0.25, -0.2) is 0 Å². The number of rotatable bonds is 5. The van der Waals surface area contributed by atoms with E-state index in [0.717, 1.165) is 27.8 Å². The van der Waals surface area contributed by atoms with Crippen LogP contribution in [0.4, 0.5) is 0 Å². The summed E-state index contributed by atoms with van der Waals surface area (Å²) in [7, 11) is 0. The highest BCUT2D eigenvalue weighted by Gasteiger charge is 2.12. The minimum absolute atomic E-state index is 0.0588. The van der Waals surface area contributed by atoms with Gasteiger partial charge >= 0.3 is 0 Å². The molecule has 0 amide bonds. The zero-order valence-electron chi connectivity index (χ0n) is 9.79. The monoisotopic (exact) mass is 283 g/mol. The second-order valence-corrected chi connectivity index (χ2v) is 4.80. The van der Waals surface area contributed by atoms with E-state index in [0.29, 0.717) is 6.61 Å². The summed E-state index contributed by atoms with van der Waals surface area (Å²) in [5, 5.41) is 0. The Morgan fingerprint density at radius 1 is 1.56 bits per heavy atom. The minimum atomic E-state index is -0.0588. The first-order chi connectivity index (χ1) is 7.54. The van der Waals surface area contributed by atoms with Gasteiger partial charge in [0.2, 0.25) is 0 Å². The van der Waals surface area contributed by atoms with Crippen molar-refractivity contribution in [3.63, 3.8) is 0 Å². The van der Waals surface area contributed by atoms with Crippen molar-refractivity contribution in [2.75, 3.05) is 6.61 Å². The van der Waals surface area contributed by atoms with E-state index >= 15 is 0 Å².